The number of carbonyl (C=O) groups excluding carboxylic acids is 1. The minimum absolute atomic E-state index is 0.305. The van der Waals surface area contributed by atoms with Gasteiger partial charge in [-0.15, -0.1) is 0 Å². The molecule has 4 nitrogen and oxygen atoms in total. The predicted octanol–water partition coefficient (Wildman–Crippen LogP) is 0.118. The summed E-state index contributed by atoms with van der Waals surface area (Å²) >= 11 is 5.59. The number of nitrogens with zero attached hydrogens (tertiary/aromatic N) is 1. The van der Waals surface area contributed by atoms with Crippen molar-refractivity contribution in [2.45, 2.75) is 0 Å². The Morgan fingerprint density at radius 1 is 1.38 bits per heavy atom. The topological polar surface area (TPSA) is 78.1 Å². The van der Waals surface area contributed by atoms with Gasteiger partial charge in [-0.05, 0) is 24.3 Å². The van der Waals surface area contributed by atoms with Gasteiger partial charge in [-0.1, -0.05) is 11.6 Å². The molecule has 1 rings (SSSR count). The molecule has 0 bridgehead atoms. The second-order valence-electron chi connectivity index (χ2n) is 2.25. The van der Waals surface area contributed by atoms with Crippen molar-refractivity contribution < 1.29 is 14.7 Å². The number of aliphatic carboxylic acids is 1. The summed E-state index contributed by atoms with van der Waals surface area (Å²) in [7, 11) is 0. The fourth-order valence-electron chi connectivity index (χ4n) is 0.836. The smallest absolute Gasteiger partial charge is 0.394 e. The lowest BCUT2D eigenvalue weighted by molar-refractivity contribution is -0.298. The Kier molecular flexibility index (Phi) is 2.80. The maximum atomic E-state index is 10.4. The zero-order valence-electron chi connectivity index (χ0n) is 6.45. The molecule has 0 fully saturated rings. The molecule has 0 aromatic heterocycles. The van der Waals surface area contributed by atoms with Crippen LogP contribution in [0.5, 0.6) is 0 Å². The average Bonchev–Trinajstić information content (AvgIpc) is 2.09. The highest BCUT2D eigenvalue weighted by Gasteiger charge is 2.15. The van der Waals surface area contributed by atoms with Crippen molar-refractivity contribution in [3.63, 3.8) is 0 Å². The number of benzene rings is 1. The molecule has 13 heavy (non-hydrogen) atoms. The first-order valence-corrected chi connectivity index (χ1v) is 3.74. The van der Waals surface area contributed by atoms with Crippen LogP contribution in [0.25, 0.3) is 0 Å². The second kappa shape index (κ2) is 3.85. The fourth-order valence-corrected chi connectivity index (χ4v) is 0.962. The molecular weight excluding hydrogens is 192 g/mol. The highest BCUT2D eigenvalue weighted by atomic mass is 35.5. The third-order valence-electron chi connectivity index (χ3n) is 1.42. The predicted molar refractivity (Wildman–Crippen MR) is 43.5 cm³/mol. The number of halogens is 1. The third kappa shape index (κ3) is 2.15. The van der Waals surface area contributed by atoms with Crippen LogP contribution in [-0.4, -0.2) is 16.5 Å². The summed E-state index contributed by atoms with van der Waals surface area (Å²) in [5.74, 6) is -1.47. The molecule has 0 aliphatic carbocycles. The fraction of sp³-hybridized carbons (Fsp3) is 0. The van der Waals surface area contributed by atoms with Crippen LogP contribution in [0, 0.1) is 5.53 Å². The summed E-state index contributed by atoms with van der Waals surface area (Å²) < 4.78 is 0. The van der Waals surface area contributed by atoms with Crippen LogP contribution >= 0.6 is 11.6 Å². The summed E-state index contributed by atoms with van der Waals surface area (Å²) in [4.78, 5) is 13.3. The minimum Gasteiger partial charge on any atom is -0.538 e. The molecule has 1 aromatic carbocycles. The van der Waals surface area contributed by atoms with Gasteiger partial charge in [0.1, 0.15) is 0 Å². The van der Waals surface area contributed by atoms with E-state index >= 15 is 0 Å². The Morgan fingerprint density at radius 2 is 1.92 bits per heavy atom. The number of nitrogens with one attached hydrogen (secondary N) is 1. The van der Waals surface area contributed by atoms with Gasteiger partial charge in [-0.3, -0.25) is 0 Å². The molecule has 66 valence electrons. The Morgan fingerprint density at radius 3 is 2.31 bits per heavy atom. The molecule has 0 amide bonds. The van der Waals surface area contributed by atoms with Crippen molar-refractivity contribution in [1.82, 2.24) is 0 Å². The van der Waals surface area contributed by atoms with Crippen molar-refractivity contribution >= 4 is 23.3 Å². The molecule has 5 heteroatoms. The lowest BCUT2D eigenvalue weighted by atomic mass is 10.1. The lowest BCUT2D eigenvalue weighted by Gasteiger charge is -1.94. The molecular formula is C8H5ClN2O2. The molecule has 0 saturated carbocycles. The number of hydrogen-bond donors (Lipinski definition) is 1. The molecule has 0 radical (unpaired) electrons. The van der Waals surface area contributed by atoms with Crippen molar-refractivity contribution in [3.05, 3.63) is 34.9 Å². The molecule has 0 heterocycles. The molecule has 0 saturated heterocycles. The van der Waals surface area contributed by atoms with Crippen molar-refractivity contribution in [2.75, 3.05) is 0 Å². The van der Waals surface area contributed by atoms with Crippen molar-refractivity contribution in [2.24, 2.45) is 0 Å². The van der Waals surface area contributed by atoms with E-state index in [9.17, 15) is 9.90 Å². The summed E-state index contributed by atoms with van der Waals surface area (Å²) in [6.07, 6.45) is 0. The molecule has 1 N–H and O–H groups in total. The molecule has 0 spiro atoms. The highest BCUT2D eigenvalue weighted by molar-refractivity contribution is 6.39. The van der Waals surface area contributed by atoms with Crippen LogP contribution in [-0.2, 0) is 4.79 Å². The highest BCUT2D eigenvalue weighted by Crippen LogP contribution is 2.09. The van der Waals surface area contributed by atoms with E-state index in [4.69, 9.17) is 17.1 Å². The molecule has 0 aliphatic heterocycles. The first kappa shape index (κ1) is 9.45. The van der Waals surface area contributed by atoms with Gasteiger partial charge in [-0.2, -0.15) is 0 Å². The third-order valence-corrected chi connectivity index (χ3v) is 1.67. The van der Waals surface area contributed by atoms with Crippen molar-refractivity contribution in [3.8, 4) is 0 Å². The Labute approximate surface area is 79.0 Å². The maximum Gasteiger partial charge on any atom is 0.394 e. The van der Waals surface area contributed by atoms with E-state index in [1.807, 2.05) is 0 Å². The Hall–Kier alpha value is -1.64. The molecule has 1 aromatic rings. The number of carbonyl (C=O) groups is 1. The van der Waals surface area contributed by atoms with Crippen LogP contribution in [0.15, 0.2) is 24.3 Å². The van der Waals surface area contributed by atoms with Gasteiger partial charge in [0.2, 0.25) is 0 Å². The zero-order valence-corrected chi connectivity index (χ0v) is 7.21. The van der Waals surface area contributed by atoms with Gasteiger partial charge in [0, 0.05) is 5.02 Å². The Bertz CT molecular complexity index is 380. The van der Waals surface area contributed by atoms with Crippen LogP contribution in [0.4, 0.5) is 0 Å². The first-order valence-electron chi connectivity index (χ1n) is 3.37. The van der Waals surface area contributed by atoms with E-state index in [0.29, 0.717) is 10.6 Å². The quantitative estimate of drug-likeness (QED) is 0.414. The van der Waals surface area contributed by atoms with E-state index < -0.39 is 11.7 Å². The van der Waals surface area contributed by atoms with Crippen LogP contribution in [0.2, 0.25) is 5.02 Å². The van der Waals surface area contributed by atoms with E-state index in [0.717, 1.165) is 0 Å². The monoisotopic (exact) mass is 196 g/mol. The zero-order chi connectivity index (χ0) is 9.84. The van der Waals surface area contributed by atoms with Crippen LogP contribution < -0.4 is 5.11 Å². The number of carboxylic acids is 1. The Balaban J connectivity index is 3.15. The summed E-state index contributed by atoms with van der Waals surface area (Å²) in [6, 6.07) is 5.97. The normalized spacial score (nSPS) is 9.00. The average molecular weight is 197 g/mol. The van der Waals surface area contributed by atoms with E-state index in [1.165, 1.54) is 24.3 Å². The van der Waals surface area contributed by atoms with Gasteiger partial charge in [0.25, 0.3) is 0 Å². The van der Waals surface area contributed by atoms with E-state index in [1.54, 1.807) is 0 Å². The van der Waals surface area contributed by atoms with Gasteiger partial charge in [0.05, 0.1) is 15.9 Å². The lowest BCUT2D eigenvalue weighted by Crippen LogP contribution is -2.33. The summed E-state index contributed by atoms with van der Waals surface area (Å²) in [5.41, 5.74) is 6.51. The summed E-state index contributed by atoms with van der Waals surface area (Å²) in [5, 5.41) is 10.9. The van der Waals surface area contributed by atoms with Crippen molar-refractivity contribution in [1.29, 1.82) is 5.53 Å². The van der Waals surface area contributed by atoms with Gasteiger partial charge < -0.3 is 9.90 Å². The largest absolute Gasteiger partial charge is 0.538 e. The molecule has 0 atom stereocenters. The standard InChI is InChI=1S/C8H5ClN2O2/c9-6-3-1-5(2-4-6)7(11-10)8(12)13/h1-4,10H. The molecule has 0 aliphatic rings. The number of hydrogen-bond acceptors (Lipinski definition) is 3. The van der Waals surface area contributed by atoms with Gasteiger partial charge in [0.15, 0.2) is 5.97 Å². The van der Waals surface area contributed by atoms with Crippen LogP contribution in [0.1, 0.15) is 5.56 Å². The summed E-state index contributed by atoms with van der Waals surface area (Å²) in [6.45, 7) is 0. The SMILES string of the molecule is N=[N+]=C(C(=O)[O-])c1ccc(Cl)cc1. The maximum absolute atomic E-state index is 10.4. The van der Waals surface area contributed by atoms with E-state index in [-0.39, 0.29) is 0 Å². The number of carboxylic acid groups (broad SMARTS) is 1. The second-order valence-corrected chi connectivity index (χ2v) is 2.69. The van der Waals surface area contributed by atoms with E-state index in [2.05, 4.69) is 4.79 Å². The first-order chi connectivity index (χ1) is 6.15. The van der Waals surface area contributed by atoms with Gasteiger partial charge in [-0.25, -0.2) is 0 Å². The minimum atomic E-state index is -1.47. The van der Waals surface area contributed by atoms with Gasteiger partial charge >= 0.3 is 5.71 Å². The molecule has 0 unspecified atom stereocenters. The van der Waals surface area contributed by atoms with Crippen LogP contribution in [0.3, 0.4) is 0 Å². The number of rotatable bonds is 2.